The van der Waals surface area contributed by atoms with E-state index in [-0.39, 0.29) is 11.3 Å². The summed E-state index contributed by atoms with van der Waals surface area (Å²) in [5.41, 5.74) is 1.65. The van der Waals surface area contributed by atoms with Crippen LogP contribution >= 0.6 is 15.9 Å². The molecule has 1 heterocycles. The van der Waals surface area contributed by atoms with Gasteiger partial charge in [-0.15, -0.1) is 0 Å². The van der Waals surface area contributed by atoms with Crippen LogP contribution in [0.15, 0.2) is 51.5 Å². The van der Waals surface area contributed by atoms with Gasteiger partial charge in [-0.3, -0.25) is 9.59 Å². The lowest BCUT2D eigenvalue weighted by Crippen LogP contribution is -2.24. The average molecular weight is 486 g/mol. The van der Waals surface area contributed by atoms with Crippen molar-refractivity contribution in [3.63, 3.8) is 0 Å². The van der Waals surface area contributed by atoms with E-state index < -0.39 is 17.8 Å². The lowest BCUT2D eigenvalue weighted by Gasteiger charge is -2.14. The molecule has 9 heteroatoms. The number of carboxylic acids is 1. The van der Waals surface area contributed by atoms with Gasteiger partial charge in [-0.25, -0.2) is 0 Å². The molecule has 3 rings (SSSR count). The summed E-state index contributed by atoms with van der Waals surface area (Å²) in [7, 11) is 0. The lowest BCUT2D eigenvalue weighted by atomic mass is 10.1. The number of anilines is 1. The van der Waals surface area contributed by atoms with Crippen LogP contribution in [0.5, 0.6) is 11.5 Å². The average Bonchev–Trinajstić information content (AvgIpc) is 2.99. The van der Waals surface area contributed by atoms with E-state index in [4.69, 9.17) is 9.47 Å². The predicted molar refractivity (Wildman–Crippen MR) is 116 cm³/mol. The summed E-state index contributed by atoms with van der Waals surface area (Å²) in [5.74, 6) is -1.63. The Balaban J connectivity index is 1.99. The Morgan fingerprint density at radius 2 is 1.97 bits per heavy atom. The van der Waals surface area contributed by atoms with Gasteiger partial charge in [0.15, 0.2) is 11.5 Å². The number of aromatic carboxylic acids is 1. The molecule has 0 saturated carbocycles. The van der Waals surface area contributed by atoms with Gasteiger partial charge < -0.3 is 19.4 Å². The number of hydrazone groups is 1. The standard InChI is InChI=1S/C22H19BrN2O6/c1-4-30-19-10-15(18(23)11-20(19)31-13(3)26)9-17-12(2)24-25(21(17)27)16-7-5-6-14(8-16)22(28)29/h5-11H,4H2,1-3H3,(H,28,29)/p-1/b17-9-. The molecular weight excluding hydrogens is 468 g/mol. The molecule has 1 aliphatic rings. The maximum absolute atomic E-state index is 13.0. The summed E-state index contributed by atoms with van der Waals surface area (Å²) >= 11 is 3.43. The van der Waals surface area contributed by atoms with Crippen LogP contribution in [-0.4, -0.2) is 30.2 Å². The van der Waals surface area contributed by atoms with Gasteiger partial charge in [0, 0.05) is 11.4 Å². The quantitative estimate of drug-likeness (QED) is 0.353. The third-order valence-corrected chi connectivity index (χ3v) is 4.99. The second-order valence-corrected chi connectivity index (χ2v) is 7.40. The van der Waals surface area contributed by atoms with Crippen molar-refractivity contribution in [1.29, 1.82) is 0 Å². The topological polar surface area (TPSA) is 108 Å². The van der Waals surface area contributed by atoms with E-state index in [9.17, 15) is 19.5 Å². The second kappa shape index (κ2) is 9.13. The molecule has 0 spiro atoms. The predicted octanol–water partition coefficient (Wildman–Crippen LogP) is 2.94. The van der Waals surface area contributed by atoms with Gasteiger partial charge in [-0.2, -0.15) is 10.1 Å². The Bertz CT molecular complexity index is 1140. The summed E-state index contributed by atoms with van der Waals surface area (Å²) in [6.45, 7) is 5.12. The van der Waals surface area contributed by atoms with Gasteiger partial charge in [0.1, 0.15) is 0 Å². The minimum Gasteiger partial charge on any atom is -0.545 e. The molecule has 160 valence electrons. The highest BCUT2D eigenvalue weighted by molar-refractivity contribution is 9.10. The highest BCUT2D eigenvalue weighted by Gasteiger charge is 2.29. The van der Waals surface area contributed by atoms with Crippen molar-refractivity contribution in [2.45, 2.75) is 20.8 Å². The molecule has 2 aromatic carbocycles. The van der Waals surface area contributed by atoms with Crippen LogP contribution in [0.1, 0.15) is 36.7 Å². The van der Waals surface area contributed by atoms with Crippen LogP contribution in [0.4, 0.5) is 5.69 Å². The number of hydrogen-bond acceptors (Lipinski definition) is 7. The number of nitrogens with zero attached hydrogens (tertiary/aromatic N) is 2. The fourth-order valence-corrected chi connectivity index (χ4v) is 3.38. The van der Waals surface area contributed by atoms with Crippen molar-refractivity contribution >= 4 is 51.3 Å². The summed E-state index contributed by atoms with van der Waals surface area (Å²) in [6.07, 6.45) is 1.63. The summed E-state index contributed by atoms with van der Waals surface area (Å²) in [6, 6.07) is 9.04. The van der Waals surface area contributed by atoms with Crippen LogP contribution in [0.2, 0.25) is 0 Å². The van der Waals surface area contributed by atoms with Gasteiger partial charge in [-0.05, 0) is 55.3 Å². The van der Waals surface area contributed by atoms with Crippen molar-refractivity contribution in [2.75, 3.05) is 11.6 Å². The highest BCUT2D eigenvalue weighted by Crippen LogP contribution is 2.36. The largest absolute Gasteiger partial charge is 0.545 e. The number of amides is 1. The van der Waals surface area contributed by atoms with E-state index >= 15 is 0 Å². The molecule has 0 saturated heterocycles. The van der Waals surface area contributed by atoms with Crippen molar-refractivity contribution in [3.8, 4) is 11.5 Å². The van der Waals surface area contributed by atoms with Crippen LogP contribution in [0.3, 0.4) is 0 Å². The zero-order valence-corrected chi connectivity index (χ0v) is 18.6. The molecule has 0 bridgehead atoms. The number of carbonyl (C=O) groups excluding carboxylic acids is 3. The molecular formula is C22H18BrN2O6-. The first-order chi connectivity index (χ1) is 14.7. The van der Waals surface area contributed by atoms with E-state index in [0.29, 0.717) is 39.4 Å². The third kappa shape index (κ3) is 4.83. The number of carboxylic acid groups (broad SMARTS) is 1. The van der Waals surface area contributed by atoms with Gasteiger partial charge in [0.25, 0.3) is 5.91 Å². The molecule has 0 atom stereocenters. The van der Waals surface area contributed by atoms with E-state index in [1.54, 1.807) is 38.1 Å². The van der Waals surface area contributed by atoms with E-state index in [0.717, 1.165) is 5.01 Å². The van der Waals surface area contributed by atoms with Crippen molar-refractivity contribution in [2.24, 2.45) is 5.10 Å². The summed E-state index contributed by atoms with van der Waals surface area (Å²) < 4.78 is 11.3. The first kappa shape index (κ1) is 22.2. The van der Waals surface area contributed by atoms with Gasteiger partial charge in [-0.1, -0.05) is 28.1 Å². The maximum Gasteiger partial charge on any atom is 0.308 e. The van der Waals surface area contributed by atoms with Crippen LogP contribution in [0, 0.1) is 0 Å². The Labute approximate surface area is 186 Å². The van der Waals surface area contributed by atoms with E-state index in [1.807, 2.05) is 0 Å². The molecule has 0 aromatic heterocycles. The fourth-order valence-electron chi connectivity index (χ4n) is 2.94. The van der Waals surface area contributed by atoms with Crippen molar-refractivity contribution in [1.82, 2.24) is 0 Å². The summed E-state index contributed by atoms with van der Waals surface area (Å²) in [5, 5.41) is 16.5. The Kier molecular flexibility index (Phi) is 6.55. The molecule has 0 unspecified atom stereocenters. The number of hydrogen-bond donors (Lipinski definition) is 0. The lowest BCUT2D eigenvalue weighted by molar-refractivity contribution is -0.255. The molecule has 0 N–H and O–H groups in total. The van der Waals surface area contributed by atoms with Crippen molar-refractivity contribution < 1.29 is 29.0 Å². The second-order valence-electron chi connectivity index (χ2n) is 6.55. The fraction of sp³-hybridized carbons (Fsp3) is 0.182. The first-order valence-electron chi connectivity index (χ1n) is 9.29. The van der Waals surface area contributed by atoms with Crippen LogP contribution < -0.4 is 19.6 Å². The number of benzene rings is 2. The van der Waals surface area contributed by atoms with E-state index in [2.05, 4.69) is 21.0 Å². The molecule has 31 heavy (non-hydrogen) atoms. The normalized spacial score (nSPS) is 14.6. The monoisotopic (exact) mass is 485 g/mol. The molecule has 0 aliphatic carbocycles. The molecule has 2 aromatic rings. The Morgan fingerprint density at radius 3 is 2.61 bits per heavy atom. The number of ether oxygens (including phenoxy) is 2. The van der Waals surface area contributed by atoms with Crippen LogP contribution in [-0.2, 0) is 9.59 Å². The Morgan fingerprint density at radius 1 is 1.23 bits per heavy atom. The molecule has 1 amide bonds. The maximum atomic E-state index is 13.0. The highest BCUT2D eigenvalue weighted by atomic mass is 79.9. The first-order valence-corrected chi connectivity index (χ1v) is 10.1. The zero-order valence-electron chi connectivity index (χ0n) is 17.0. The minimum absolute atomic E-state index is 0.0549. The number of esters is 1. The van der Waals surface area contributed by atoms with Gasteiger partial charge >= 0.3 is 5.97 Å². The molecule has 1 aliphatic heterocycles. The molecule has 8 nitrogen and oxygen atoms in total. The molecule has 0 radical (unpaired) electrons. The van der Waals surface area contributed by atoms with Crippen LogP contribution in [0.25, 0.3) is 6.08 Å². The number of halogens is 1. The SMILES string of the molecule is CCOc1cc(/C=C2\C(=O)N(c3cccc(C(=O)[O-])c3)N=C2C)c(Br)cc1OC(C)=O. The number of rotatable bonds is 6. The Hall–Kier alpha value is -3.46. The van der Waals surface area contributed by atoms with Crippen molar-refractivity contribution in [3.05, 3.63) is 57.6 Å². The van der Waals surface area contributed by atoms with Gasteiger partial charge in [0.2, 0.25) is 0 Å². The zero-order chi connectivity index (χ0) is 22.7. The molecule has 0 fully saturated rings. The van der Waals surface area contributed by atoms with Gasteiger partial charge in [0.05, 0.1) is 29.5 Å². The van der Waals surface area contributed by atoms with E-state index in [1.165, 1.54) is 25.1 Å². The third-order valence-electron chi connectivity index (χ3n) is 4.31. The smallest absolute Gasteiger partial charge is 0.308 e. The summed E-state index contributed by atoms with van der Waals surface area (Å²) in [4.78, 5) is 35.5. The number of carbonyl (C=O) groups is 3. The minimum atomic E-state index is -1.34.